The van der Waals surface area contributed by atoms with Gasteiger partial charge in [0.1, 0.15) is 23.3 Å². The monoisotopic (exact) mass is 1510 g/mol. The van der Waals surface area contributed by atoms with Crippen LogP contribution in [0.1, 0.15) is 77.9 Å². The van der Waals surface area contributed by atoms with E-state index in [2.05, 4.69) is 175 Å². The molecule has 0 amide bonds. The second-order valence-electron chi connectivity index (χ2n) is 27.9. The van der Waals surface area contributed by atoms with Crippen molar-refractivity contribution in [3.8, 4) is 89.5 Å². The summed E-state index contributed by atoms with van der Waals surface area (Å²) in [7, 11) is 0. The first-order chi connectivity index (χ1) is 55.0. The Labute approximate surface area is 671 Å². The molecule has 16 rings (SSSR count). The Morgan fingerprint density at radius 1 is 0.193 bits per heavy atom. The van der Waals surface area contributed by atoms with Gasteiger partial charge in [0.05, 0.1) is 22.8 Å². The Morgan fingerprint density at radius 2 is 0.491 bits per heavy atom. The van der Waals surface area contributed by atoms with Crippen LogP contribution < -0.4 is 0 Å². The van der Waals surface area contributed by atoms with Crippen molar-refractivity contribution in [2.45, 2.75) is 96.9 Å². The molecule has 0 saturated carbocycles. The molecule has 0 saturated heterocycles. The largest absolute Gasteiger partial charge is 0.264 e. The minimum Gasteiger partial charge on any atom is -0.264 e. The van der Waals surface area contributed by atoms with Gasteiger partial charge in [-0.3, -0.25) is 34.9 Å². The number of benzene rings is 9. The zero-order valence-electron chi connectivity index (χ0n) is 67.4. The number of rotatable bonds is 8. The fourth-order valence-corrected chi connectivity index (χ4v) is 12.7. The van der Waals surface area contributed by atoms with Crippen LogP contribution in [0.25, 0.3) is 89.5 Å². The van der Waals surface area contributed by atoms with Crippen molar-refractivity contribution in [1.29, 1.82) is 0 Å². The van der Waals surface area contributed by atoms with Crippen LogP contribution in [0.3, 0.4) is 0 Å². The van der Waals surface area contributed by atoms with Crippen LogP contribution in [0.2, 0.25) is 0 Å². The maximum atomic E-state index is 13.7. The summed E-state index contributed by atoms with van der Waals surface area (Å²) in [4.78, 5) is 29.4. The van der Waals surface area contributed by atoms with E-state index in [1.54, 1.807) is 76.2 Å². The van der Waals surface area contributed by atoms with Crippen LogP contribution in [0.5, 0.6) is 0 Å². The van der Waals surface area contributed by atoms with Gasteiger partial charge in [-0.15, -0.1) is 0 Å². The maximum Gasteiger partial charge on any atom is 0.129 e. The van der Waals surface area contributed by atoms with Crippen LogP contribution in [-0.2, 0) is 0 Å². The first kappa shape index (κ1) is 84.8. The zero-order chi connectivity index (χ0) is 81.5. The van der Waals surface area contributed by atoms with Crippen molar-refractivity contribution >= 4 is 0 Å². The molecule has 0 N–H and O–H groups in total. The Morgan fingerprint density at radius 3 is 0.886 bits per heavy atom. The second-order valence-corrected chi connectivity index (χ2v) is 27.9. The van der Waals surface area contributed by atoms with Crippen LogP contribution >= 0.6 is 0 Å². The van der Waals surface area contributed by atoms with E-state index >= 15 is 0 Å². The SMILES string of the molecule is Cc1cc(F)ccc1-c1ccccn1.Cc1cc(F)ccc1-c1cccnc1.Cc1ccc(-c2ccccc2)c(C)c1F.Cc1ccc(-c2ccccn2)c(C)c1.Cc1ccc(-c2ccccn2)c(C)c1F.Cc1ccc(-c2cccnc2)c(C)c1.Cc1ccc(C)c(-c2ccccn2)c1.Cc1ccc(C)c(-c2cccnc2)c1. The molecule has 0 spiro atoms. The summed E-state index contributed by atoms with van der Waals surface area (Å²) >= 11 is 0. The molecule has 0 radical (unpaired) electrons. The molecule has 9 aromatic carbocycles. The van der Waals surface area contributed by atoms with Crippen molar-refractivity contribution in [2.24, 2.45) is 0 Å². The quantitative estimate of drug-likeness (QED) is 0.140. The molecule has 114 heavy (non-hydrogen) atoms. The van der Waals surface area contributed by atoms with Crippen molar-refractivity contribution in [3.05, 3.63) is 436 Å². The van der Waals surface area contributed by atoms with E-state index in [-0.39, 0.29) is 23.3 Å². The fourth-order valence-electron chi connectivity index (χ4n) is 12.7. The molecule has 0 aliphatic rings. The number of hydrogen-bond acceptors (Lipinski definition) is 7. The Hall–Kier alpha value is -13.3. The molecule has 572 valence electrons. The molecule has 7 heterocycles. The van der Waals surface area contributed by atoms with Gasteiger partial charge in [0.15, 0.2) is 0 Å². The highest BCUT2D eigenvalue weighted by molar-refractivity contribution is 5.72. The standard InChI is InChI=1S/C14H13F.C13H12FN.4C13H13N.2C12H10FN/c1-10-8-9-13(11(2)14(10)15)12-6-4-3-5-7-12;1-9-6-7-11(10(2)13(9)14)12-5-3-4-8-15-12;1-10-5-6-13(11(2)8-10)12-4-3-7-14-9-12;1-10-5-6-11(2)13(8-10)12-4-3-7-14-9-12;1-10-6-7-12(11(2)9-10)13-5-3-4-8-14-13;1-10-6-7-11(2)12(9-10)13-5-3-4-8-14-13;1-9-7-11(13)4-5-12(9)10-3-2-6-14-8-10;1-9-8-10(13)5-6-11(9)12-4-2-3-7-14-12/h3-9H,1-2H3;3-8H,1-2H3;4*3-9H,1-2H3;2*2-8H,1H3. The van der Waals surface area contributed by atoms with E-state index in [1.165, 1.54) is 102 Å². The predicted octanol–water partition coefficient (Wildman–Crippen LogP) is 27.5. The van der Waals surface area contributed by atoms with Gasteiger partial charge in [-0.05, 0) is 284 Å². The van der Waals surface area contributed by atoms with Gasteiger partial charge in [0, 0.05) is 101 Å². The highest BCUT2D eigenvalue weighted by atomic mass is 19.1. The molecule has 0 unspecified atom stereocenters. The Kier molecular flexibility index (Phi) is 31.8. The molecule has 0 fully saturated rings. The summed E-state index contributed by atoms with van der Waals surface area (Å²) < 4.78 is 53.0. The summed E-state index contributed by atoms with van der Waals surface area (Å²) in [6.45, 7) is 27.9. The highest BCUT2D eigenvalue weighted by Gasteiger charge is 2.12. The lowest BCUT2D eigenvalue weighted by Crippen LogP contribution is -1.92. The van der Waals surface area contributed by atoms with E-state index < -0.39 is 0 Å². The molecule has 0 aliphatic heterocycles. The highest BCUT2D eigenvalue weighted by Crippen LogP contribution is 2.31. The van der Waals surface area contributed by atoms with Crippen LogP contribution in [0.15, 0.2) is 335 Å². The lowest BCUT2D eigenvalue weighted by atomic mass is 9.98. The molecule has 16 aromatic rings. The summed E-state index contributed by atoms with van der Waals surface area (Å²) in [5.74, 6) is -0.646. The van der Waals surface area contributed by atoms with E-state index in [4.69, 9.17) is 0 Å². The first-order valence-electron chi connectivity index (χ1n) is 37.8. The third-order valence-corrected chi connectivity index (χ3v) is 18.9. The van der Waals surface area contributed by atoms with Crippen LogP contribution in [0, 0.1) is 120 Å². The smallest absolute Gasteiger partial charge is 0.129 e. The van der Waals surface area contributed by atoms with Crippen molar-refractivity contribution in [2.75, 3.05) is 0 Å². The van der Waals surface area contributed by atoms with Gasteiger partial charge < -0.3 is 0 Å². The number of hydrogen-bond donors (Lipinski definition) is 0. The van der Waals surface area contributed by atoms with Crippen LogP contribution in [-0.4, -0.2) is 34.9 Å². The minimum atomic E-state index is -0.206. The molecule has 0 bridgehead atoms. The number of halogens is 4. The van der Waals surface area contributed by atoms with Gasteiger partial charge in [0.25, 0.3) is 0 Å². The predicted molar refractivity (Wildman–Crippen MR) is 466 cm³/mol. The number of aryl methyl sites for hydroxylation is 12. The lowest BCUT2D eigenvalue weighted by molar-refractivity contribution is 0.609. The fraction of sp³-hybridized carbons (Fsp3) is 0.136. The number of aromatic nitrogens is 7. The average molecular weight is 1510 g/mol. The van der Waals surface area contributed by atoms with Gasteiger partial charge in [-0.25, -0.2) is 17.6 Å². The second kappa shape index (κ2) is 42.8. The normalized spacial score (nSPS) is 10.2. The van der Waals surface area contributed by atoms with Crippen molar-refractivity contribution in [3.63, 3.8) is 0 Å². The Balaban J connectivity index is 0.000000149. The number of pyridine rings is 7. The lowest BCUT2D eigenvalue weighted by Gasteiger charge is -2.08. The first-order valence-corrected chi connectivity index (χ1v) is 37.8. The Bertz CT molecular complexity index is 5150. The number of nitrogens with zero attached hydrogens (tertiary/aromatic N) is 7. The maximum absolute atomic E-state index is 13.7. The van der Waals surface area contributed by atoms with Crippen molar-refractivity contribution in [1.82, 2.24) is 34.9 Å². The average Bonchev–Trinajstić information content (AvgIpc) is 0.835. The minimum absolute atomic E-state index is 0.101. The van der Waals surface area contributed by atoms with Gasteiger partial charge >= 0.3 is 0 Å². The molecule has 0 aliphatic carbocycles. The summed E-state index contributed by atoms with van der Waals surface area (Å²) in [5.41, 5.74) is 32.0. The summed E-state index contributed by atoms with van der Waals surface area (Å²) in [6.07, 6.45) is 18.0. The van der Waals surface area contributed by atoms with Gasteiger partial charge in [-0.2, -0.15) is 0 Å². The molecular weight excluding hydrogens is 1410 g/mol. The van der Waals surface area contributed by atoms with E-state index in [9.17, 15) is 17.6 Å². The molecule has 7 nitrogen and oxygen atoms in total. The topological polar surface area (TPSA) is 90.2 Å². The van der Waals surface area contributed by atoms with Gasteiger partial charge in [-0.1, -0.05) is 192 Å². The molecule has 11 heteroatoms. The third kappa shape index (κ3) is 24.9. The van der Waals surface area contributed by atoms with Gasteiger partial charge in [0.2, 0.25) is 0 Å². The molecular formula is C103H97F4N7. The summed E-state index contributed by atoms with van der Waals surface area (Å²) in [5, 5.41) is 0. The molecule has 0 atom stereocenters. The molecule has 7 aromatic heterocycles. The van der Waals surface area contributed by atoms with E-state index in [0.29, 0.717) is 16.7 Å². The zero-order valence-corrected chi connectivity index (χ0v) is 67.4. The summed E-state index contributed by atoms with van der Waals surface area (Å²) in [6, 6.07) is 88.0. The van der Waals surface area contributed by atoms with Crippen molar-refractivity contribution < 1.29 is 17.6 Å². The van der Waals surface area contributed by atoms with E-state index in [1.807, 2.05) is 191 Å². The van der Waals surface area contributed by atoms with E-state index in [0.717, 1.165) is 72.8 Å². The third-order valence-electron chi connectivity index (χ3n) is 18.9. The van der Waals surface area contributed by atoms with Crippen LogP contribution in [0.4, 0.5) is 17.6 Å².